The van der Waals surface area contributed by atoms with Gasteiger partial charge in [0.1, 0.15) is 29.0 Å². The van der Waals surface area contributed by atoms with Crippen LogP contribution in [-0.4, -0.2) is 25.8 Å². The first-order valence-electron chi connectivity index (χ1n) is 11.3. The third-order valence-corrected chi connectivity index (χ3v) is 5.80. The summed E-state index contributed by atoms with van der Waals surface area (Å²) in [6.45, 7) is 0.312. The maximum absolute atomic E-state index is 12.9. The maximum Gasteiger partial charge on any atom is 0.220 e. The first kappa shape index (κ1) is 23.6. The van der Waals surface area contributed by atoms with Crippen LogP contribution in [0.25, 0.3) is 0 Å². The van der Waals surface area contributed by atoms with Crippen molar-refractivity contribution in [2.45, 2.75) is 19.4 Å². The van der Waals surface area contributed by atoms with Crippen molar-refractivity contribution >= 4 is 23.1 Å². The first-order valence-corrected chi connectivity index (χ1v) is 11.3. The molecule has 0 bridgehead atoms. The molecule has 3 aromatic rings. The van der Waals surface area contributed by atoms with Crippen molar-refractivity contribution < 1.29 is 14.3 Å². The minimum Gasteiger partial charge on any atom is -0.457 e. The summed E-state index contributed by atoms with van der Waals surface area (Å²) < 4.78 is 5.83. The molecule has 0 aromatic heterocycles. The predicted molar refractivity (Wildman–Crippen MR) is 135 cm³/mol. The molecule has 176 valence electrons. The van der Waals surface area contributed by atoms with E-state index in [-0.39, 0.29) is 30.1 Å². The number of nitrogens with zero attached hydrogens (tertiary/aromatic N) is 3. The van der Waals surface area contributed by atoms with Gasteiger partial charge in [-0.25, -0.2) is 0 Å². The van der Waals surface area contributed by atoms with Gasteiger partial charge in [0, 0.05) is 33.5 Å². The number of hydrogen-bond acceptors (Lipinski definition) is 6. The summed E-state index contributed by atoms with van der Waals surface area (Å²) in [6, 6.07) is 26.7. The Morgan fingerprint density at radius 2 is 1.49 bits per heavy atom. The number of carbonyl (C=O) groups excluding carboxylic acids is 2. The Morgan fingerprint density at radius 1 is 0.857 bits per heavy atom. The smallest absolute Gasteiger partial charge is 0.220 e. The third-order valence-electron chi connectivity index (χ3n) is 5.80. The summed E-state index contributed by atoms with van der Waals surface area (Å²) >= 11 is 0. The molecule has 0 fully saturated rings. The van der Waals surface area contributed by atoms with E-state index < -0.39 is 0 Å². The number of amides is 1. The second kappa shape index (κ2) is 10.6. The molecule has 0 spiro atoms. The fourth-order valence-corrected chi connectivity index (χ4v) is 4.04. The van der Waals surface area contributed by atoms with Crippen LogP contribution in [0.15, 0.2) is 90.3 Å². The predicted octanol–water partition coefficient (Wildman–Crippen LogP) is 4.77. The normalized spacial score (nSPS) is 12.1. The zero-order valence-corrected chi connectivity index (χ0v) is 19.7. The van der Waals surface area contributed by atoms with E-state index in [4.69, 9.17) is 4.74 Å². The van der Waals surface area contributed by atoms with Crippen molar-refractivity contribution in [1.82, 2.24) is 5.32 Å². The quantitative estimate of drug-likeness (QED) is 0.380. The molecular formula is C28H26N4O3. The molecule has 7 heteroatoms. The Labute approximate surface area is 204 Å². The van der Waals surface area contributed by atoms with E-state index in [1.165, 1.54) is 0 Å². The van der Waals surface area contributed by atoms with Crippen LogP contribution in [-0.2, 0) is 16.1 Å². The molecule has 4 rings (SSSR count). The van der Waals surface area contributed by atoms with Gasteiger partial charge in [-0.1, -0.05) is 42.5 Å². The highest BCUT2D eigenvalue weighted by molar-refractivity contribution is 6.03. The highest BCUT2D eigenvalue weighted by atomic mass is 16.5. The van der Waals surface area contributed by atoms with Crippen molar-refractivity contribution in [1.29, 1.82) is 5.26 Å². The van der Waals surface area contributed by atoms with Crippen molar-refractivity contribution in [3.05, 3.63) is 95.8 Å². The number of anilines is 2. The number of fused-ring (bicyclic) bond motifs is 1. The van der Waals surface area contributed by atoms with Crippen LogP contribution >= 0.6 is 0 Å². The summed E-state index contributed by atoms with van der Waals surface area (Å²) in [7, 11) is 3.65. The molecule has 0 radical (unpaired) electrons. The van der Waals surface area contributed by atoms with Crippen LogP contribution in [0.3, 0.4) is 0 Å². The average Bonchev–Trinajstić information content (AvgIpc) is 3.13. The highest BCUT2D eigenvalue weighted by Crippen LogP contribution is 2.40. The standard InChI is InChI=1S/C28H26N4O3/c1-31-24-13-6-7-14-25(24)32(2)28(31)23(18-29)26(33)15-16-27(34)30-19-20-9-8-12-22(17-20)35-21-10-4-3-5-11-21/h3-14,17H,15-16,19H2,1-2H3,(H,30,34). The van der Waals surface area contributed by atoms with Gasteiger partial charge in [0.15, 0.2) is 5.78 Å². The number of nitrogens with one attached hydrogen (secondary N) is 1. The lowest BCUT2D eigenvalue weighted by Gasteiger charge is -2.19. The Morgan fingerprint density at radius 3 is 2.14 bits per heavy atom. The molecule has 0 aliphatic carbocycles. The fourth-order valence-electron chi connectivity index (χ4n) is 4.04. The van der Waals surface area contributed by atoms with Gasteiger partial charge in [-0.15, -0.1) is 0 Å². The van der Waals surface area contributed by atoms with E-state index in [1.54, 1.807) is 0 Å². The number of benzene rings is 3. The van der Waals surface area contributed by atoms with Gasteiger partial charge in [0.05, 0.1) is 11.4 Å². The maximum atomic E-state index is 12.9. The minimum atomic E-state index is -0.359. The Bertz CT molecular complexity index is 1280. The molecule has 3 aromatic carbocycles. The number of carbonyl (C=O) groups is 2. The van der Waals surface area contributed by atoms with Crippen molar-refractivity contribution in [2.75, 3.05) is 23.9 Å². The molecule has 1 heterocycles. The number of Topliss-reactive ketones (excluding diaryl/α,β-unsaturated/α-hetero) is 1. The van der Waals surface area contributed by atoms with Gasteiger partial charge in [-0.05, 0) is 42.0 Å². The Kier molecular flexibility index (Phi) is 7.12. The topological polar surface area (TPSA) is 85.7 Å². The third kappa shape index (κ3) is 5.33. The Balaban J connectivity index is 1.34. The van der Waals surface area contributed by atoms with Gasteiger partial charge in [0.2, 0.25) is 5.91 Å². The van der Waals surface area contributed by atoms with E-state index in [2.05, 4.69) is 5.32 Å². The van der Waals surface area contributed by atoms with Gasteiger partial charge in [0.25, 0.3) is 0 Å². The first-order chi connectivity index (χ1) is 17.0. The van der Waals surface area contributed by atoms with Crippen LogP contribution in [0.4, 0.5) is 11.4 Å². The van der Waals surface area contributed by atoms with E-state index in [0.717, 1.165) is 22.7 Å². The second-order valence-electron chi connectivity index (χ2n) is 8.18. The summed E-state index contributed by atoms with van der Waals surface area (Å²) in [6.07, 6.45) is -0.0503. The number of hydrogen-bond donors (Lipinski definition) is 1. The molecular weight excluding hydrogens is 440 g/mol. The molecule has 0 unspecified atom stereocenters. The van der Waals surface area contributed by atoms with Crippen molar-refractivity contribution in [3.63, 3.8) is 0 Å². The minimum absolute atomic E-state index is 0.00211. The zero-order valence-electron chi connectivity index (χ0n) is 19.7. The molecule has 1 amide bonds. The van der Waals surface area contributed by atoms with Crippen LogP contribution in [0.5, 0.6) is 11.5 Å². The SMILES string of the molecule is CN1C(=C(C#N)C(=O)CCC(=O)NCc2cccc(Oc3ccccc3)c2)N(C)c2ccccc21. The van der Waals surface area contributed by atoms with Crippen LogP contribution in [0.2, 0.25) is 0 Å². The summed E-state index contributed by atoms with van der Waals surface area (Å²) in [4.78, 5) is 29.0. The summed E-state index contributed by atoms with van der Waals surface area (Å²) in [5.74, 6) is 1.31. The zero-order chi connectivity index (χ0) is 24.8. The molecule has 35 heavy (non-hydrogen) atoms. The lowest BCUT2D eigenvalue weighted by atomic mass is 10.1. The van der Waals surface area contributed by atoms with Crippen molar-refractivity contribution in [3.8, 4) is 17.6 Å². The van der Waals surface area contributed by atoms with Gasteiger partial charge < -0.3 is 19.9 Å². The van der Waals surface area contributed by atoms with Crippen LogP contribution in [0.1, 0.15) is 18.4 Å². The van der Waals surface area contributed by atoms with Crippen molar-refractivity contribution in [2.24, 2.45) is 0 Å². The molecule has 0 saturated heterocycles. The van der Waals surface area contributed by atoms with Crippen LogP contribution < -0.4 is 19.9 Å². The van der Waals surface area contributed by atoms with Gasteiger partial charge in [-0.3, -0.25) is 9.59 Å². The lowest BCUT2D eigenvalue weighted by molar-refractivity contribution is -0.124. The molecule has 0 atom stereocenters. The second-order valence-corrected chi connectivity index (χ2v) is 8.18. The molecule has 1 N–H and O–H groups in total. The average molecular weight is 467 g/mol. The number of ketones is 1. The van der Waals surface area contributed by atoms with E-state index in [0.29, 0.717) is 18.1 Å². The van der Waals surface area contributed by atoms with Crippen LogP contribution in [0, 0.1) is 11.3 Å². The number of rotatable bonds is 8. The summed E-state index contributed by atoms with van der Waals surface area (Å²) in [5, 5.41) is 12.6. The fraction of sp³-hybridized carbons (Fsp3) is 0.179. The van der Waals surface area contributed by atoms with E-state index >= 15 is 0 Å². The largest absolute Gasteiger partial charge is 0.457 e. The summed E-state index contributed by atoms with van der Waals surface area (Å²) in [5.41, 5.74) is 2.76. The number of allylic oxidation sites excluding steroid dienone is 1. The monoisotopic (exact) mass is 466 g/mol. The molecule has 1 aliphatic heterocycles. The molecule has 0 saturated carbocycles. The molecule has 7 nitrogen and oxygen atoms in total. The Hall–Kier alpha value is -4.57. The number of nitriles is 1. The van der Waals surface area contributed by atoms with Gasteiger partial charge >= 0.3 is 0 Å². The number of ether oxygens (including phenoxy) is 1. The van der Waals surface area contributed by atoms with E-state index in [9.17, 15) is 14.9 Å². The van der Waals surface area contributed by atoms with Gasteiger partial charge in [-0.2, -0.15) is 5.26 Å². The molecule has 1 aliphatic rings. The highest BCUT2D eigenvalue weighted by Gasteiger charge is 2.31. The lowest BCUT2D eigenvalue weighted by Crippen LogP contribution is -2.27. The number of para-hydroxylation sites is 3. The van der Waals surface area contributed by atoms with E-state index in [1.807, 2.05) is 109 Å².